The summed E-state index contributed by atoms with van der Waals surface area (Å²) >= 11 is 0. The zero-order chi connectivity index (χ0) is 14.6. The Morgan fingerprint density at radius 3 is 2.16 bits per heavy atom. The number of esters is 1. The molecule has 0 saturated heterocycles. The van der Waals surface area contributed by atoms with Crippen LogP contribution in [-0.4, -0.2) is 18.4 Å². The van der Waals surface area contributed by atoms with E-state index < -0.39 is 28.8 Å². The first-order valence-electron chi connectivity index (χ1n) is 5.93. The van der Waals surface area contributed by atoms with Gasteiger partial charge in [0.15, 0.2) is 5.78 Å². The predicted molar refractivity (Wildman–Crippen MR) is 65.7 cm³/mol. The van der Waals surface area contributed by atoms with Crippen LogP contribution in [0.3, 0.4) is 0 Å². The Hall–Kier alpha value is -1.78. The van der Waals surface area contributed by atoms with Crippen LogP contribution in [0.25, 0.3) is 0 Å². The van der Waals surface area contributed by atoms with Crippen LogP contribution in [0.4, 0.5) is 8.78 Å². The van der Waals surface area contributed by atoms with Gasteiger partial charge >= 0.3 is 5.97 Å². The fourth-order valence-electron chi connectivity index (χ4n) is 1.62. The number of carbonyl (C=O) groups excluding carboxylic acids is 2. The lowest BCUT2D eigenvalue weighted by atomic mass is 9.85. The number of ketones is 1. The molecule has 0 spiro atoms. The van der Waals surface area contributed by atoms with E-state index in [4.69, 9.17) is 4.74 Å². The van der Waals surface area contributed by atoms with E-state index in [1.54, 1.807) is 20.8 Å². The summed E-state index contributed by atoms with van der Waals surface area (Å²) < 4.78 is 30.9. The molecule has 0 amide bonds. The summed E-state index contributed by atoms with van der Waals surface area (Å²) in [6, 6.07) is 2.59. The molecule has 0 aliphatic heterocycles. The van der Waals surface area contributed by atoms with Crippen LogP contribution in [0, 0.1) is 17.0 Å². The Morgan fingerprint density at radius 1 is 1.16 bits per heavy atom. The lowest BCUT2D eigenvalue weighted by molar-refractivity contribution is -0.153. The molecule has 3 nitrogen and oxygen atoms in total. The molecule has 0 bridgehead atoms. The van der Waals surface area contributed by atoms with Gasteiger partial charge in [0.05, 0.1) is 12.0 Å². The molecule has 104 valence electrons. The first kappa shape index (κ1) is 15.3. The number of halogens is 2. The molecule has 0 aliphatic rings. The Kier molecular flexibility index (Phi) is 4.75. The quantitative estimate of drug-likeness (QED) is 0.610. The van der Waals surface area contributed by atoms with Crippen molar-refractivity contribution in [3.63, 3.8) is 0 Å². The third-order valence-electron chi connectivity index (χ3n) is 2.62. The Bertz CT molecular complexity index is 475. The van der Waals surface area contributed by atoms with E-state index in [-0.39, 0.29) is 18.6 Å². The molecule has 0 N–H and O–H groups in total. The van der Waals surface area contributed by atoms with Crippen molar-refractivity contribution in [2.45, 2.75) is 27.2 Å². The molecule has 0 atom stereocenters. The zero-order valence-electron chi connectivity index (χ0n) is 11.1. The second-order valence-electron chi connectivity index (χ2n) is 4.86. The molecule has 0 unspecified atom stereocenters. The summed E-state index contributed by atoms with van der Waals surface area (Å²) in [6.45, 7) is 4.99. The van der Waals surface area contributed by atoms with Crippen LogP contribution in [-0.2, 0) is 9.53 Å². The molecule has 0 fully saturated rings. The van der Waals surface area contributed by atoms with E-state index in [0.29, 0.717) is 6.07 Å². The largest absolute Gasteiger partial charge is 0.466 e. The predicted octanol–water partition coefficient (Wildman–Crippen LogP) is 3.13. The van der Waals surface area contributed by atoms with Crippen LogP contribution in [0.15, 0.2) is 18.2 Å². The second-order valence-corrected chi connectivity index (χ2v) is 4.86. The summed E-state index contributed by atoms with van der Waals surface area (Å²) in [4.78, 5) is 23.6. The third-order valence-corrected chi connectivity index (χ3v) is 2.62. The van der Waals surface area contributed by atoms with Gasteiger partial charge < -0.3 is 4.74 Å². The average Bonchev–Trinajstić information content (AvgIpc) is 2.27. The summed E-state index contributed by atoms with van der Waals surface area (Å²) in [5.74, 6) is -2.66. The standard InChI is InChI=1S/C14H16F2O3/c1-4-19-13(18)14(2,3)8-12(17)9-5-10(15)7-11(16)6-9/h5-7H,4,8H2,1-3H3. The maximum Gasteiger partial charge on any atom is 0.311 e. The summed E-state index contributed by atoms with van der Waals surface area (Å²) in [6.07, 6.45) is -0.172. The minimum absolute atomic E-state index is 0.0881. The second kappa shape index (κ2) is 5.91. The van der Waals surface area contributed by atoms with Gasteiger partial charge in [0, 0.05) is 18.1 Å². The van der Waals surface area contributed by atoms with Gasteiger partial charge in [-0.2, -0.15) is 0 Å². The number of hydrogen-bond donors (Lipinski definition) is 0. The Morgan fingerprint density at radius 2 is 1.68 bits per heavy atom. The minimum atomic E-state index is -1.03. The van der Waals surface area contributed by atoms with Crippen molar-refractivity contribution < 1.29 is 23.1 Å². The number of benzene rings is 1. The van der Waals surface area contributed by atoms with E-state index in [0.717, 1.165) is 12.1 Å². The van der Waals surface area contributed by atoms with Gasteiger partial charge in [0.2, 0.25) is 0 Å². The van der Waals surface area contributed by atoms with Crippen LogP contribution < -0.4 is 0 Å². The van der Waals surface area contributed by atoms with E-state index in [1.165, 1.54) is 0 Å². The Labute approximate surface area is 110 Å². The molecule has 0 radical (unpaired) electrons. The van der Waals surface area contributed by atoms with Crippen LogP contribution >= 0.6 is 0 Å². The van der Waals surface area contributed by atoms with E-state index in [9.17, 15) is 18.4 Å². The topological polar surface area (TPSA) is 43.4 Å². The molecule has 0 aromatic heterocycles. The van der Waals surface area contributed by atoms with Crippen LogP contribution in [0.1, 0.15) is 37.6 Å². The molecule has 1 aromatic carbocycles. The summed E-state index contributed by atoms with van der Waals surface area (Å²) in [5, 5.41) is 0. The van der Waals surface area contributed by atoms with Gasteiger partial charge in [0.25, 0.3) is 0 Å². The average molecular weight is 270 g/mol. The van der Waals surface area contributed by atoms with Crippen molar-refractivity contribution in [1.82, 2.24) is 0 Å². The van der Waals surface area contributed by atoms with Crippen molar-refractivity contribution in [1.29, 1.82) is 0 Å². The molecular weight excluding hydrogens is 254 g/mol. The summed E-state index contributed by atoms with van der Waals surface area (Å²) in [7, 11) is 0. The molecule has 0 heterocycles. The number of hydrogen-bond acceptors (Lipinski definition) is 3. The fraction of sp³-hybridized carbons (Fsp3) is 0.429. The molecule has 1 aromatic rings. The summed E-state index contributed by atoms with van der Waals surface area (Å²) in [5.41, 5.74) is -1.12. The molecular formula is C14H16F2O3. The molecule has 0 aliphatic carbocycles. The molecule has 19 heavy (non-hydrogen) atoms. The first-order chi connectivity index (χ1) is 8.76. The highest BCUT2D eigenvalue weighted by Crippen LogP contribution is 2.25. The van der Waals surface area contributed by atoms with E-state index in [2.05, 4.69) is 0 Å². The smallest absolute Gasteiger partial charge is 0.311 e. The maximum absolute atomic E-state index is 13.0. The van der Waals surface area contributed by atoms with E-state index in [1.807, 2.05) is 0 Å². The van der Waals surface area contributed by atoms with Gasteiger partial charge in [-0.3, -0.25) is 9.59 Å². The van der Waals surface area contributed by atoms with E-state index >= 15 is 0 Å². The van der Waals surface area contributed by atoms with Gasteiger partial charge in [-0.1, -0.05) is 0 Å². The van der Waals surface area contributed by atoms with Gasteiger partial charge in [-0.05, 0) is 32.9 Å². The first-order valence-corrected chi connectivity index (χ1v) is 5.93. The number of ether oxygens (including phenoxy) is 1. The monoisotopic (exact) mass is 270 g/mol. The highest BCUT2D eigenvalue weighted by Gasteiger charge is 2.32. The van der Waals surface area contributed by atoms with Gasteiger partial charge in [0.1, 0.15) is 11.6 Å². The lowest BCUT2D eigenvalue weighted by Gasteiger charge is -2.21. The third kappa shape index (κ3) is 4.12. The normalized spacial score (nSPS) is 11.2. The van der Waals surface area contributed by atoms with Crippen molar-refractivity contribution in [2.24, 2.45) is 5.41 Å². The number of Topliss-reactive ketones (excluding diaryl/α,β-unsaturated/α-hetero) is 1. The minimum Gasteiger partial charge on any atom is -0.466 e. The SMILES string of the molecule is CCOC(=O)C(C)(C)CC(=O)c1cc(F)cc(F)c1. The van der Waals surface area contributed by atoms with Crippen LogP contribution in [0.2, 0.25) is 0 Å². The lowest BCUT2D eigenvalue weighted by Crippen LogP contribution is -2.29. The highest BCUT2D eigenvalue weighted by molar-refractivity contribution is 5.98. The number of rotatable bonds is 5. The zero-order valence-corrected chi connectivity index (χ0v) is 11.1. The molecule has 0 saturated carbocycles. The fourth-order valence-corrected chi connectivity index (χ4v) is 1.62. The number of carbonyl (C=O) groups is 2. The highest BCUT2D eigenvalue weighted by atomic mass is 19.1. The van der Waals surface area contributed by atoms with Crippen molar-refractivity contribution in [3.8, 4) is 0 Å². The molecule has 1 rings (SSSR count). The van der Waals surface area contributed by atoms with Gasteiger partial charge in [-0.25, -0.2) is 8.78 Å². The molecule has 5 heteroatoms. The van der Waals surface area contributed by atoms with Crippen molar-refractivity contribution in [2.75, 3.05) is 6.61 Å². The van der Waals surface area contributed by atoms with Gasteiger partial charge in [-0.15, -0.1) is 0 Å². The Balaban J connectivity index is 2.87. The maximum atomic E-state index is 13.0. The van der Waals surface area contributed by atoms with Crippen LogP contribution in [0.5, 0.6) is 0 Å². The van der Waals surface area contributed by atoms with Crippen molar-refractivity contribution >= 4 is 11.8 Å². The van der Waals surface area contributed by atoms with Crippen molar-refractivity contribution in [3.05, 3.63) is 35.4 Å².